The number of aryl methyl sites for hydroxylation is 1. The minimum Gasteiger partial charge on any atom is -0.352 e. The van der Waals surface area contributed by atoms with Crippen LogP contribution in [-0.4, -0.2) is 59.2 Å². The number of carbonyl (C=O) groups excluding carboxylic acids is 4. The first-order chi connectivity index (χ1) is 21.7. The fourth-order valence-corrected chi connectivity index (χ4v) is 6.65. The molecule has 3 atom stereocenters. The van der Waals surface area contributed by atoms with Crippen LogP contribution < -0.4 is 16.4 Å². The molecule has 1 aromatic carbocycles. The molecule has 2 fully saturated rings. The number of rotatable bonds is 14. The number of nitrogens with one attached hydrogen (secondary N) is 2. The van der Waals surface area contributed by atoms with Crippen molar-refractivity contribution < 1.29 is 23.7 Å². The van der Waals surface area contributed by atoms with E-state index in [-0.39, 0.29) is 42.2 Å². The van der Waals surface area contributed by atoms with E-state index in [1.165, 1.54) is 18.7 Å². The summed E-state index contributed by atoms with van der Waals surface area (Å²) in [7, 11) is 0. The lowest BCUT2D eigenvalue weighted by Gasteiger charge is -2.31. The van der Waals surface area contributed by atoms with Crippen molar-refractivity contribution in [3.63, 3.8) is 0 Å². The third-order valence-electron chi connectivity index (χ3n) is 10.0. The Hall–Kier alpha value is -3.53. The number of carbonyl (C=O) groups is 4. The maximum atomic E-state index is 13.8. The summed E-state index contributed by atoms with van der Waals surface area (Å²) < 4.78 is 5.03. The van der Waals surface area contributed by atoms with Crippen LogP contribution >= 0.6 is 0 Å². The minimum absolute atomic E-state index is 0.00230. The summed E-state index contributed by atoms with van der Waals surface area (Å²) in [6, 6.07) is 6.41. The first-order valence-corrected chi connectivity index (χ1v) is 16.8. The molecule has 1 unspecified atom stereocenters. The highest BCUT2D eigenvalue weighted by atomic mass is 16.5. The van der Waals surface area contributed by atoms with Gasteiger partial charge in [-0.3, -0.25) is 19.2 Å². The number of hydrogen-bond acceptors (Lipinski definition) is 7. The van der Waals surface area contributed by atoms with Crippen molar-refractivity contribution in [2.24, 2.45) is 29.4 Å². The maximum Gasteiger partial charge on any atom is 0.290 e. The lowest BCUT2D eigenvalue weighted by molar-refractivity contribution is -0.132. The highest BCUT2D eigenvalue weighted by Crippen LogP contribution is 2.29. The first-order valence-electron chi connectivity index (χ1n) is 16.8. The molecule has 45 heavy (non-hydrogen) atoms. The average molecular weight is 622 g/mol. The molecule has 1 saturated heterocycles. The second-order valence-corrected chi connectivity index (χ2v) is 13.1. The molecule has 2 aromatic rings. The molecule has 4 N–H and O–H groups in total. The van der Waals surface area contributed by atoms with Gasteiger partial charge in [0.1, 0.15) is 0 Å². The third kappa shape index (κ3) is 9.48. The maximum absolute atomic E-state index is 13.8. The van der Waals surface area contributed by atoms with Crippen LogP contribution in [0.25, 0.3) is 0 Å². The summed E-state index contributed by atoms with van der Waals surface area (Å²) in [5, 5.41) is 9.56. The van der Waals surface area contributed by atoms with Gasteiger partial charge in [0.15, 0.2) is 5.78 Å². The number of Topliss-reactive ketones (excluding diaryl/α,β-unsaturated/α-hetero) is 1. The smallest absolute Gasteiger partial charge is 0.290 e. The van der Waals surface area contributed by atoms with Crippen LogP contribution in [0.15, 0.2) is 35.0 Å². The van der Waals surface area contributed by atoms with Crippen LogP contribution in [0.2, 0.25) is 0 Å². The molecule has 246 valence electrons. The molecule has 0 radical (unpaired) electrons. The molecule has 3 amide bonds. The van der Waals surface area contributed by atoms with Crippen LogP contribution in [0.4, 0.5) is 0 Å². The molecule has 1 aliphatic carbocycles. The highest BCUT2D eigenvalue weighted by Gasteiger charge is 2.33. The fourth-order valence-electron chi connectivity index (χ4n) is 6.65. The van der Waals surface area contributed by atoms with Crippen molar-refractivity contribution in [2.45, 2.75) is 97.6 Å². The number of hydrogen-bond donors (Lipinski definition) is 3. The Bertz CT molecular complexity index is 1280. The lowest BCUT2D eigenvalue weighted by atomic mass is 9.81. The Morgan fingerprint density at radius 1 is 1.04 bits per heavy atom. The van der Waals surface area contributed by atoms with Gasteiger partial charge in [-0.25, -0.2) is 0 Å². The van der Waals surface area contributed by atoms with E-state index in [4.69, 9.17) is 10.3 Å². The highest BCUT2D eigenvalue weighted by molar-refractivity contribution is 5.97. The van der Waals surface area contributed by atoms with Gasteiger partial charge >= 0.3 is 0 Å². The molecule has 2 heterocycles. The number of benzene rings is 1. The van der Waals surface area contributed by atoms with Gasteiger partial charge in [-0.05, 0) is 73.7 Å². The van der Waals surface area contributed by atoms with E-state index in [9.17, 15) is 19.2 Å². The molecule has 10 heteroatoms. The summed E-state index contributed by atoms with van der Waals surface area (Å²) >= 11 is 0. The Morgan fingerprint density at radius 2 is 1.78 bits per heavy atom. The van der Waals surface area contributed by atoms with E-state index < -0.39 is 17.9 Å². The number of aromatic nitrogens is 1. The van der Waals surface area contributed by atoms with E-state index in [1.807, 2.05) is 43.9 Å². The molecule has 0 bridgehead atoms. The number of likely N-dealkylation sites (tertiary alicyclic amines) is 1. The van der Waals surface area contributed by atoms with Crippen molar-refractivity contribution in [3.8, 4) is 0 Å². The summed E-state index contributed by atoms with van der Waals surface area (Å²) in [6.07, 6.45) is 10.0. The Balaban J connectivity index is 1.42. The first kappa shape index (κ1) is 34.3. The zero-order valence-corrected chi connectivity index (χ0v) is 27.2. The molecule has 4 rings (SSSR count). The standard InChI is InChI=1S/C35H51N5O5/c1-4-23(2)29(20-31(41)30(18-25-8-6-5-7-9-25)39-34(43)32-12-15-38-45-32)33(42)37-22-28-19-27(11-10-24(28)3)35(44)40-16-13-26(21-36)14-17-40/h10-12,15,19,23,25-26,29-30H,4-9,13-14,16-18,20-22,36H2,1-3H3,(H,37,42)(H,39,43)/t23-,29?,30-/m0/s1. The zero-order chi connectivity index (χ0) is 32.3. The van der Waals surface area contributed by atoms with Gasteiger partial charge in [-0.2, -0.15) is 0 Å². The number of nitrogens with zero attached hydrogens (tertiary/aromatic N) is 2. The zero-order valence-electron chi connectivity index (χ0n) is 27.2. The third-order valence-corrected chi connectivity index (χ3v) is 10.0. The van der Waals surface area contributed by atoms with E-state index in [0.717, 1.165) is 56.1 Å². The van der Waals surface area contributed by atoms with E-state index in [2.05, 4.69) is 15.8 Å². The average Bonchev–Trinajstić information content (AvgIpc) is 3.62. The SMILES string of the molecule is CC[C@H](C)C(CC(=O)[C@H](CC1CCCCC1)NC(=O)c1ccno1)C(=O)NCc1cc(C(=O)N2CCC(CN)CC2)ccc1C. The summed E-state index contributed by atoms with van der Waals surface area (Å²) in [5.41, 5.74) is 8.27. The molecule has 1 aliphatic heterocycles. The second-order valence-electron chi connectivity index (χ2n) is 13.1. The van der Waals surface area contributed by atoms with Crippen molar-refractivity contribution in [2.75, 3.05) is 19.6 Å². The Labute approximate surface area is 267 Å². The van der Waals surface area contributed by atoms with Gasteiger partial charge in [-0.1, -0.05) is 63.6 Å². The predicted molar refractivity (Wildman–Crippen MR) is 172 cm³/mol. The summed E-state index contributed by atoms with van der Waals surface area (Å²) in [6.45, 7) is 8.27. The quantitative estimate of drug-likeness (QED) is 0.274. The summed E-state index contributed by atoms with van der Waals surface area (Å²) in [5.74, 6) is -0.529. The molecule has 1 aromatic heterocycles. The van der Waals surface area contributed by atoms with Gasteiger partial charge in [0.2, 0.25) is 11.7 Å². The Morgan fingerprint density at radius 3 is 2.42 bits per heavy atom. The van der Waals surface area contributed by atoms with Crippen LogP contribution in [0.3, 0.4) is 0 Å². The van der Waals surface area contributed by atoms with Crippen LogP contribution in [-0.2, 0) is 16.1 Å². The molecule has 2 aliphatic rings. The van der Waals surface area contributed by atoms with Crippen LogP contribution in [0.1, 0.15) is 110 Å². The van der Waals surface area contributed by atoms with Gasteiger partial charge in [0.25, 0.3) is 11.8 Å². The number of ketones is 1. The van der Waals surface area contributed by atoms with Crippen LogP contribution in [0.5, 0.6) is 0 Å². The number of piperidine rings is 1. The molecular weight excluding hydrogens is 570 g/mol. The number of amides is 3. The topological polar surface area (TPSA) is 148 Å². The fraction of sp³-hybridized carbons (Fsp3) is 0.629. The van der Waals surface area contributed by atoms with Gasteiger partial charge in [0, 0.05) is 43.6 Å². The predicted octanol–water partition coefficient (Wildman–Crippen LogP) is 4.80. The van der Waals surface area contributed by atoms with Crippen molar-refractivity contribution >= 4 is 23.5 Å². The van der Waals surface area contributed by atoms with Crippen molar-refractivity contribution in [1.82, 2.24) is 20.7 Å². The molecular formula is C35H51N5O5. The summed E-state index contributed by atoms with van der Waals surface area (Å²) in [4.78, 5) is 55.4. The molecule has 0 spiro atoms. The number of nitrogens with two attached hydrogens (primary N) is 1. The second kappa shape index (κ2) is 16.7. The van der Waals surface area contributed by atoms with Gasteiger partial charge < -0.3 is 25.8 Å². The van der Waals surface area contributed by atoms with Crippen LogP contribution in [0, 0.1) is 30.6 Å². The van der Waals surface area contributed by atoms with Gasteiger partial charge in [-0.15, -0.1) is 0 Å². The largest absolute Gasteiger partial charge is 0.352 e. The van der Waals surface area contributed by atoms with E-state index in [0.29, 0.717) is 43.5 Å². The van der Waals surface area contributed by atoms with E-state index in [1.54, 1.807) is 0 Å². The Kier molecular flexibility index (Phi) is 12.7. The van der Waals surface area contributed by atoms with Crippen molar-refractivity contribution in [1.29, 1.82) is 0 Å². The monoisotopic (exact) mass is 621 g/mol. The molecule has 1 saturated carbocycles. The van der Waals surface area contributed by atoms with Crippen molar-refractivity contribution in [3.05, 3.63) is 52.9 Å². The minimum atomic E-state index is -0.704. The van der Waals surface area contributed by atoms with Gasteiger partial charge in [0.05, 0.1) is 12.2 Å². The lowest BCUT2D eigenvalue weighted by Crippen LogP contribution is -2.45. The normalized spacial score (nSPS) is 18.2. The van der Waals surface area contributed by atoms with E-state index >= 15 is 0 Å². The molecule has 10 nitrogen and oxygen atoms in total.